The standard InChI is InChI=1S/C26H26N4O6/c1-36-26(33)21-16-22(30(34)35)25(32)29(17-21)18-23(31)27-12-14-28(15-13-27)24(19-8-4-2-5-9-19)20-10-6-3-7-11-20/h2-11,16-17,24H,12-15,18H2,1H3. The van der Waals surface area contributed by atoms with Crippen LogP contribution in [0.3, 0.4) is 0 Å². The summed E-state index contributed by atoms with van der Waals surface area (Å²) in [4.78, 5) is 51.8. The van der Waals surface area contributed by atoms with Gasteiger partial charge in [0.2, 0.25) is 5.91 Å². The molecule has 0 spiro atoms. The second-order valence-corrected chi connectivity index (χ2v) is 8.44. The molecule has 0 N–H and O–H groups in total. The molecule has 4 rings (SSSR count). The molecule has 2 aromatic carbocycles. The zero-order valence-electron chi connectivity index (χ0n) is 19.8. The number of methoxy groups -OCH3 is 1. The van der Waals surface area contributed by atoms with E-state index in [-0.39, 0.29) is 17.5 Å². The SMILES string of the molecule is COC(=O)c1cc([N+](=O)[O-])c(=O)n(CC(=O)N2CCN(C(c3ccccc3)c3ccccc3)CC2)c1. The Hall–Kier alpha value is -4.31. The fourth-order valence-electron chi connectivity index (χ4n) is 4.46. The van der Waals surface area contributed by atoms with Crippen LogP contribution in [0.1, 0.15) is 27.5 Å². The smallest absolute Gasteiger partial charge is 0.339 e. The third-order valence-electron chi connectivity index (χ3n) is 6.25. The quantitative estimate of drug-likeness (QED) is 0.284. The number of aromatic nitrogens is 1. The summed E-state index contributed by atoms with van der Waals surface area (Å²) < 4.78 is 5.52. The summed E-state index contributed by atoms with van der Waals surface area (Å²) in [6.45, 7) is 1.67. The maximum Gasteiger partial charge on any atom is 0.339 e. The molecule has 1 saturated heterocycles. The van der Waals surface area contributed by atoms with Gasteiger partial charge in [-0.3, -0.25) is 29.2 Å². The van der Waals surface area contributed by atoms with Gasteiger partial charge in [-0.15, -0.1) is 0 Å². The molecule has 3 aromatic rings. The number of hydrogen-bond donors (Lipinski definition) is 0. The summed E-state index contributed by atoms with van der Waals surface area (Å²) in [5.41, 5.74) is 0.399. The van der Waals surface area contributed by atoms with Gasteiger partial charge >= 0.3 is 17.2 Å². The third-order valence-corrected chi connectivity index (χ3v) is 6.25. The number of ether oxygens (including phenoxy) is 1. The molecule has 0 saturated carbocycles. The first kappa shape index (κ1) is 24.8. The van der Waals surface area contributed by atoms with Crippen molar-refractivity contribution < 1.29 is 19.2 Å². The highest BCUT2D eigenvalue weighted by Gasteiger charge is 2.29. The first-order valence-electron chi connectivity index (χ1n) is 11.5. The van der Waals surface area contributed by atoms with E-state index in [9.17, 15) is 24.5 Å². The van der Waals surface area contributed by atoms with E-state index in [4.69, 9.17) is 0 Å². The van der Waals surface area contributed by atoms with Crippen LogP contribution in [0, 0.1) is 10.1 Å². The van der Waals surface area contributed by atoms with Crippen LogP contribution in [0.4, 0.5) is 5.69 Å². The summed E-state index contributed by atoms with van der Waals surface area (Å²) >= 11 is 0. The molecule has 0 bridgehead atoms. The van der Waals surface area contributed by atoms with Gasteiger partial charge in [0.15, 0.2) is 0 Å². The molecule has 10 heteroatoms. The van der Waals surface area contributed by atoms with Crippen molar-refractivity contribution in [1.29, 1.82) is 0 Å². The van der Waals surface area contributed by atoms with E-state index in [1.807, 2.05) is 36.4 Å². The number of carbonyl (C=O) groups excluding carboxylic acids is 2. The van der Waals surface area contributed by atoms with Gasteiger partial charge in [0.1, 0.15) is 6.54 Å². The molecule has 10 nitrogen and oxygen atoms in total. The lowest BCUT2D eigenvalue weighted by Crippen LogP contribution is -2.51. The lowest BCUT2D eigenvalue weighted by Gasteiger charge is -2.39. The number of rotatable bonds is 7. The van der Waals surface area contributed by atoms with Crippen molar-refractivity contribution in [3.63, 3.8) is 0 Å². The molecule has 1 aliphatic heterocycles. The van der Waals surface area contributed by atoms with E-state index in [0.29, 0.717) is 26.2 Å². The van der Waals surface area contributed by atoms with Crippen LogP contribution in [0.25, 0.3) is 0 Å². The number of benzene rings is 2. The van der Waals surface area contributed by atoms with Gasteiger partial charge in [0.25, 0.3) is 0 Å². The van der Waals surface area contributed by atoms with Crippen LogP contribution in [0.5, 0.6) is 0 Å². The summed E-state index contributed by atoms with van der Waals surface area (Å²) in [6.07, 6.45) is 1.12. The van der Waals surface area contributed by atoms with Crippen molar-refractivity contribution in [2.45, 2.75) is 12.6 Å². The predicted molar refractivity (Wildman–Crippen MR) is 132 cm³/mol. The van der Waals surface area contributed by atoms with Gasteiger partial charge < -0.3 is 9.64 Å². The predicted octanol–water partition coefficient (Wildman–Crippen LogP) is 2.48. The van der Waals surface area contributed by atoms with Crippen molar-refractivity contribution >= 4 is 17.6 Å². The Morgan fingerprint density at radius 1 is 0.972 bits per heavy atom. The Bertz CT molecular complexity index is 1260. The maximum atomic E-state index is 13.0. The van der Waals surface area contributed by atoms with E-state index in [1.54, 1.807) is 4.90 Å². The number of pyridine rings is 1. The number of hydrogen-bond acceptors (Lipinski definition) is 7. The van der Waals surface area contributed by atoms with Gasteiger partial charge in [0, 0.05) is 38.4 Å². The van der Waals surface area contributed by atoms with Gasteiger partial charge in [-0.2, -0.15) is 0 Å². The fraction of sp³-hybridized carbons (Fsp3) is 0.269. The summed E-state index contributed by atoms with van der Waals surface area (Å²) in [6, 6.07) is 21.2. The van der Waals surface area contributed by atoms with Crippen LogP contribution in [-0.4, -0.2) is 64.5 Å². The number of amides is 1. The Morgan fingerprint density at radius 3 is 2.03 bits per heavy atom. The van der Waals surface area contributed by atoms with Crippen LogP contribution in [-0.2, 0) is 16.1 Å². The first-order chi connectivity index (χ1) is 17.4. The highest BCUT2D eigenvalue weighted by molar-refractivity contribution is 5.89. The number of piperazine rings is 1. The largest absolute Gasteiger partial charge is 0.465 e. The summed E-state index contributed by atoms with van der Waals surface area (Å²) in [7, 11) is 1.13. The van der Waals surface area contributed by atoms with Crippen LogP contribution in [0.15, 0.2) is 77.7 Å². The normalized spacial score (nSPS) is 14.0. The van der Waals surface area contributed by atoms with Crippen LogP contribution >= 0.6 is 0 Å². The molecule has 36 heavy (non-hydrogen) atoms. The minimum Gasteiger partial charge on any atom is -0.465 e. The second-order valence-electron chi connectivity index (χ2n) is 8.44. The van der Waals surface area contributed by atoms with E-state index in [0.717, 1.165) is 35.1 Å². The lowest BCUT2D eigenvalue weighted by atomic mass is 9.96. The fourth-order valence-corrected chi connectivity index (χ4v) is 4.46. The van der Waals surface area contributed by atoms with E-state index in [2.05, 4.69) is 33.9 Å². The third kappa shape index (κ3) is 5.33. The van der Waals surface area contributed by atoms with Gasteiger partial charge in [-0.1, -0.05) is 60.7 Å². The zero-order chi connectivity index (χ0) is 25.7. The average molecular weight is 491 g/mol. The molecular weight excluding hydrogens is 464 g/mol. The molecule has 0 radical (unpaired) electrons. The van der Waals surface area contributed by atoms with E-state index in [1.165, 1.54) is 0 Å². The molecule has 1 amide bonds. The van der Waals surface area contributed by atoms with Crippen molar-refractivity contribution in [3.8, 4) is 0 Å². The van der Waals surface area contributed by atoms with Crippen molar-refractivity contribution in [2.24, 2.45) is 0 Å². The highest BCUT2D eigenvalue weighted by atomic mass is 16.6. The summed E-state index contributed by atoms with van der Waals surface area (Å²) in [5, 5.41) is 11.3. The minimum atomic E-state index is -0.951. The van der Waals surface area contributed by atoms with Crippen molar-refractivity contribution in [2.75, 3.05) is 33.3 Å². The first-order valence-corrected chi connectivity index (χ1v) is 11.5. The van der Waals surface area contributed by atoms with Crippen molar-refractivity contribution in [1.82, 2.24) is 14.4 Å². The molecule has 1 fully saturated rings. The Labute approximate surface area is 207 Å². The molecule has 2 heterocycles. The Kier molecular flexibility index (Phi) is 7.55. The van der Waals surface area contributed by atoms with Crippen molar-refractivity contribution in [3.05, 3.63) is 110 Å². The number of nitro groups is 1. The monoisotopic (exact) mass is 490 g/mol. The molecule has 0 unspecified atom stereocenters. The molecular formula is C26H26N4O6. The second kappa shape index (κ2) is 11.0. The number of nitrogens with zero attached hydrogens (tertiary/aromatic N) is 4. The number of carbonyl (C=O) groups is 2. The Balaban J connectivity index is 1.50. The topological polar surface area (TPSA) is 115 Å². The Morgan fingerprint density at radius 2 is 1.53 bits per heavy atom. The van der Waals surface area contributed by atoms with Gasteiger partial charge in [0.05, 0.1) is 23.6 Å². The molecule has 1 aromatic heterocycles. The molecule has 0 aliphatic carbocycles. The molecule has 186 valence electrons. The zero-order valence-corrected chi connectivity index (χ0v) is 19.8. The van der Waals surface area contributed by atoms with E-state index < -0.39 is 28.7 Å². The number of esters is 1. The van der Waals surface area contributed by atoms with Gasteiger partial charge in [-0.05, 0) is 11.1 Å². The molecule has 0 atom stereocenters. The van der Waals surface area contributed by atoms with Gasteiger partial charge in [-0.25, -0.2) is 4.79 Å². The maximum absolute atomic E-state index is 13.0. The van der Waals surface area contributed by atoms with Crippen LogP contribution < -0.4 is 5.56 Å². The minimum absolute atomic E-state index is 0.0339. The van der Waals surface area contributed by atoms with Crippen LogP contribution in [0.2, 0.25) is 0 Å². The van der Waals surface area contributed by atoms with E-state index >= 15 is 0 Å². The highest BCUT2D eigenvalue weighted by Crippen LogP contribution is 2.29. The lowest BCUT2D eigenvalue weighted by molar-refractivity contribution is -0.386. The average Bonchev–Trinajstić information content (AvgIpc) is 2.91. The summed E-state index contributed by atoms with van der Waals surface area (Å²) in [5.74, 6) is -1.19. The molecule has 1 aliphatic rings.